The van der Waals surface area contributed by atoms with Crippen molar-refractivity contribution in [3.05, 3.63) is 186 Å². The normalized spacial score (nSPS) is 11.8. The van der Waals surface area contributed by atoms with Gasteiger partial charge in [-0.2, -0.15) is 0 Å². The van der Waals surface area contributed by atoms with Gasteiger partial charge >= 0.3 is 0 Å². The van der Waals surface area contributed by atoms with Crippen molar-refractivity contribution in [3.63, 3.8) is 0 Å². The zero-order valence-electron chi connectivity index (χ0n) is 27.2. The van der Waals surface area contributed by atoms with Crippen LogP contribution in [0.15, 0.2) is 195 Å². The Balaban J connectivity index is 1.01. The van der Waals surface area contributed by atoms with E-state index in [9.17, 15) is 13.2 Å². The topological polar surface area (TPSA) is 69.3 Å². The van der Waals surface area contributed by atoms with Gasteiger partial charge in [-0.3, -0.25) is 4.79 Å². The molecule has 2 aromatic heterocycles. The molecule has 0 aliphatic heterocycles. The number of benzene rings is 7. The third-order valence-electron chi connectivity index (χ3n) is 9.47. The van der Waals surface area contributed by atoms with Crippen LogP contribution in [-0.2, 0) is 9.84 Å². The standard InChI is InChI=1S/C45H29NO4S/c47-43-29-45(32-19-23-37(24-20-32)51(48,49)36-11-5-2-6-12-36)50-44-26-22-34(28-40(43)44)31-17-15-30(16-18-31)33-21-25-42-39(27-33)38-13-7-8-14-41(38)46(42)35-9-3-1-4-10-35/h1-29H. The van der Waals surface area contributed by atoms with E-state index in [0.717, 1.165) is 33.5 Å². The fourth-order valence-electron chi connectivity index (χ4n) is 6.88. The van der Waals surface area contributed by atoms with Gasteiger partial charge in [0.1, 0.15) is 11.3 Å². The molecule has 2 heterocycles. The molecule has 6 heteroatoms. The van der Waals surface area contributed by atoms with Crippen molar-refractivity contribution in [2.24, 2.45) is 0 Å². The molecule has 0 saturated carbocycles. The van der Waals surface area contributed by atoms with Crippen LogP contribution in [0.3, 0.4) is 0 Å². The lowest BCUT2D eigenvalue weighted by Crippen LogP contribution is -2.02. The highest BCUT2D eigenvalue weighted by Crippen LogP contribution is 2.36. The Morgan fingerprint density at radius 3 is 1.67 bits per heavy atom. The molecule has 7 aromatic carbocycles. The second kappa shape index (κ2) is 12.1. The molecule has 0 fully saturated rings. The Kier molecular flexibility index (Phi) is 7.26. The third kappa shape index (κ3) is 5.34. The predicted molar refractivity (Wildman–Crippen MR) is 205 cm³/mol. The van der Waals surface area contributed by atoms with Gasteiger partial charge in [-0.1, -0.05) is 91.0 Å². The summed E-state index contributed by atoms with van der Waals surface area (Å²) in [5, 5.41) is 2.88. The zero-order chi connectivity index (χ0) is 34.5. The molecule has 0 aliphatic rings. The number of para-hydroxylation sites is 2. The summed E-state index contributed by atoms with van der Waals surface area (Å²) in [4.78, 5) is 13.7. The molecule has 5 nitrogen and oxygen atoms in total. The summed E-state index contributed by atoms with van der Waals surface area (Å²) in [6.07, 6.45) is 0. The summed E-state index contributed by atoms with van der Waals surface area (Å²) in [7, 11) is -3.65. The summed E-state index contributed by atoms with van der Waals surface area (Å²) in [5.74, 6) is 0.372. The molecule has 0 radical (unpaired) electrons. The molecule has 0 amide bonds. The smallest absolute Gasteiger partial charge is 0.206 e. The molecule has 0 aliphatic carbocycles. The number of hydrogen-bond acceptors (Lipinski definition) is 4. The van der Waals surface area contributed by atoms with Crippen molar-refractivity contribution in [2.45, 2.75) is 9.79 Å². The number of rotatable bonds is 6. The molecule has 0 N–H and O–H groups in total. The monoisotopic (exact) mass is 679 g/mol. The number of nitrogens with zero attached hydrogens (tertiary/aromatic N) is 1. The van der Waals surface area contributed by atoms with Crippen molar-refractivity contribution in [1.82, 2.24) is 4.57 Å². The van der Waals surface area contributed by atoms with Crippen LogP contribution in [0, 0.1) is 0 Å². The first-order valence-corrected chi connectivity index (χ1v) is 18.1. The average Bonchev–Trinajstić information content (AvgIpc) is 3.52. The summed E-state index contributed by atoms with van der Waals surface area (Å²) < 4.78 is 34.5. The van der Waals surface area contributed by atoms with Crippen molar-refractivity contribution < 1.29 is 12.8 Å². The first-order valence-electron chi connectivity index (χ1n) is 16.6. The van der Waals surface area contributed by atoms with E-state index in [1.54, 1.807) is 42.5 Å². The third-order valence-corrected chi connectivity index (χ3v) is 11.3. The molecule has 0 spiro atoms. The Hall–Kier alpha value is -6.50. The Labute approximate surface area is 294 Å². The first kappa shape index (κ1) is 30.6. The zero-order valence-corrected chi connectivity index (χ0v) is 28.0. The van der Waals surface area contributed by atoms with Crippen molar-refractivity contribution in [3.8, 4) is 39.3 Å². The van der Waals surface area contributed by atoms with Crippen LogP contribution in [-0.4, -0.2) is 13.0 Å². The second-order valence-electron chi connectivity index (χ2n) is 12.5. The summed E-state index contributed by atoms with van der Waals surface area (Å²) in [6.45, 7) is 0. The van der Waals surface area contributed by atoms with E-state index in [2.05, 4.69) is 95.6 Å². The summed E-state index contributed by atoms with van der Waals surface area (Å²) in [5.41, 5.74) is 8.49. The van der Waals surface area contributed by atoms with E-state index in [1.165, 1.54) is 34.5 Å². The van der Waals surface area contributed by atoms with Gasteiger partial charge in [0.05, 0.1) is 26.2 Å². The van der Waals surface area contributed by atoms with Gasteiger partial charge in [0.25, 0.3) is 0 Å². The maximum absolute atomic E-state index is 13.3. The lowest BCUT2D eigenvalue weighted by molar-refractivity contribution is 0.596. The van der Waals surface area contributed by atoms with Crippen LogP contribution in [0.1, 0.15) is 0 Å². The van der Waals surface area contributed by atoms with E-state index in [-0.39, 0.29) is 15.2 Å². The lowest BCUT2D eigenvalue weighted by Gasteiger charge is -2.09. The molecular formula is C45H29NO4S. The Bertz CT molecular complexity index is 2910. The number of aromatic nitrogens is 1. The van der Waals surface area contributed by atoms with Crippen LogP contribution in [0.5, 0.6) is 0 Å². The number of hydrogen-bond donors (Lipinski definition) is 0. The predicted octanol–water partition coefficient (Wildman–Crippen LogP) is 10.7. The van der Waals surface area contributed by atoms with Gasteiger partial charge in [-0.15, -0.1) is 0 Å². The van der Waals surface area contributed by atoms with Gasteiger partial charge < -0.3 is 8.98 Å². The molecule has 0 bridgehead atoms. The van der Waals surface area contributed by atoms with E-state index < -0.39 is 9.84 Å². The Morgan fingerprint density at radius 1 is 0.431 bits per heavy atom. The number of sulfone groups is 1. The first-order chi connectivity index (χ1) is 24.9. The number of fused-ring (bicyclic) bond motifs is 4. The van der Waals surface area contributed by atoms with E-state index in [1.807, 2.05) is 24.3 Å². The van der Waals surface area contributed by atoms with Crippen LogP contribution >= 0.6 is 0 Å². The second-order valence-corrected chi connectivity index (χ2v) is 14.5. The Morgan fingerprint density at radius 2 is 0.961 bits per heavy atom. The highest BCUT2D eigenvalue weighted by molar-refractivity contribution is 7.91. The van der Waals surface area contributed by atoms with Gasteiger partial charge in [0.15, 0.2) is 5.43 Å². The molecule has 0 atom stereocenters. The van der Waals surface area contributed by atoms with Crippen LogP contribution in [0.25, 0.3) is 72.0 Å². The molecule has 9 aromatic rings. The fourth-order valence-corrected chi connectivity index (χ4v) is 8.16. The molecule has 9 rings (SSSR count). The highest BCUT2D eigenvalue weighted by atomic mass is 32.2. The van der Waals surface area contributed by atoms with Crippen molar-refractivity contribution in [2.75, 3.05) is 0 Å². The largest absolute Gasteiger partial charge is 0.456 e. The van der Waals surface area contributed by atoms with Crippen molar-refractivity contribution >= 4 is 42.6 Å². The van der Waals surface area contributed by atoms with Crippen LogP contribution < -0.4 is 5.43 Å². The van der Waals surface area contributed by atoms with Crippen LogP contribution in [0.4, 0.5) is 0 Å². The fraction of sp³-hybridized carbons (Fsp3) is 0. The molecule has 244 valence electrons. The molecule has 0 unspecified atom stereocenters. The van der Waals surface area contributed by atoms with Gasteiger partial charge in [-0.25, -0.2) is 8.42 Å². The minimum absolute atomic E-state index is 0.173. The minimum atomic E-state index is -3.65. The lowest BCUT2D eigenvalue weighted by atomic mass is 9.98. The summed E-state index contributed by atoms with van der Waals surface area (Å²) in [6, 6.07) is 55.8. The van der Waals surface area contributed by atoms with E-state index in [4.69, 9.17) is 4.42 Å². The van der Waals surface area contributed by atoms with Crippen LogP contribution in [0.2, 0.25) is 0 Å². The highest BCUT2D eigenvalue weighted by Gasteiger charge is 2.18. The molecular weight excluding hydrogens is 651 g/mol. The maximum Gasteiger partial charge on any atom is 0.206 e. The maximum atomic E-state index is 13.3. The van der Waals surface area contributed by atoms with E-state index >= 15 is 0 Å². The quantitative estimate of drug-likeness (QED) is 0.175. The van der Waals surface area contributed by atoms with Gasteiger partial charge in [-0.05, 0) is 101 Å². The SMILES string of the molecule is O=c1cc(-c2ccc(S(=O)(=O)c3ccccc3)cc2)oc2ccc(-c3ccc(-c4ccc5c(c4)c4ccccc4n5-c4ccccc4)cc3)cc12. The molecule has 0 saturated heterocycles. The average molecular weight is 680 g/mol. The minimum Gasteiger partial charge on any atom is -0.456 e. The summed E-state index contributed by atoms with van der Waals surface area (Å²) >= 11 is 0. The van der Waals surface area contributed by atoms with Gasteiger partial charge in [0, 0.05) is 28.1 Å². The van der Waals surface area contributed by atoms with E-state index in [0.29, 0.717) is 22.3 Å². The van der Waals surface area contributed by atoms with Gasteiger partial charge in [0.2, 0.25) is 9.84 Å². The van der Waals surface area contributed by atoms with Crippen molar-refractivity contribution in [1.29, 1.82) is 0 Å². The molecule has 51 heavy (non-hydrogen) atoms.